The molecule has 0 radical (unpaired) electrons. The molecule has 0 saturated carbocycles. The fourth-order valence-electron chi connectivity index (χ4n) is 4.44. The van der Waals surface area contributed by atoms with Crippen LogP contribution in [0, 0.1) is 13.8 Å². The molecule has 4 aromatic rings. The van der Waals surface area contributed by atoms with Gasteiger partial charge in [0.25, 0.3) is 5.78 Å². The lowest BCUT2D eigenvalue weighted by Crippen LogP contribution is -2.29. The second-order valence-corrected chi connectivity index (χ2v) is 8.58. The largest absolute Gasteiger partial charge is 0.497 e. The van der Waals surface area contributed by atoms with Crippen LogP contribution in [-0.4, -0.2) is 26.7 Å². The highest BCUT2D eigenvalue weighted by Gasteiger charge is 2.35. The topological polar surface area (TPSA) is 52.3 Å². The fraction of sp³-hybridized carbons (Fsp3) is 0.292. The highest BCUT2D eigenvalue weighted by molar-refractivity contribution is 5.75. The van der Waals surface area contributed by atoms with Crippen molar-refractivity contribution in [3.8, 4) is 28.3 Å². The zero-order chi connectivity index (χ0) is 20.3. The molecule has 5 nitrogen and oxygen atoms in total. The van der Waals surface area contributed by atoms with Crippen molar-refractivity contribution in [2.75, 3.05) is 7.11 Å². The Hall–Kier alpha value is -3.21. The van der Waals surface area contributed by atoms with Crippen molar-refractivity contribution in [1.82, 2.24) is 19.6 Å². The molecule has 0 N–H and O–H groups in total. The Morgan fingerprint density at radius 1 is 1.03 bits per heavy atom. The smallest absolute Gasteiger partial charge is 0.251 e. The molecule has 5 rings (SSSR count). The summed E-state index contributed by atoms with van der Waals surface area (Å²) in [5.41, 5.74) is 8.88. The molecule has 1 aliphatic carbocycles. The number of methoxy groups -OCH3 is 1. The van der Waals surface area contributed by atoms with Crippen molar-refractivity contribution in [2.24, 2.45) is 0 Å². The van der Waals surface area contributed by atoms with E-state index in [0.29, 0.717) is 5.78 Å². The molecule has 1 aliphatic rings. The maximum Gasteiger partial charge on any atom is 0.251 e. The van der Waals surface area contributed by atoms with E-state index < -0.39 is 0 Å². The van der Waals surface area contributed by atoms with Gasteiger partial charge < -0.3 is 4.74 Å². The number of ether oxygens (including phenoxy) is 1. The molecular weight excluding hydrogens is 360 g/mol. The van der Waals surface area contributed by atoms with Crippen molar-refractivity contribution >= 4 is 5.78 Å². The minimum atomic E-state index is -0.0890. The maximum atomic E-state index is 5.26. The van der Waals surface area contributed by atoms with Gasteiger partial charge in [-0.15, -0.1) is 0 Å². The summed E-state index contributed by atoms with van der Waals surface area (Å²) in [4.78, 5) is 9.75. The van der Waals surface area contributed by atoms with Crippen LogP contribution in [0.2, 0.25) is 0 Å². The first-order valence-electron chi connectivity index (χ1n) is 9.88. The van der Waals surface area contributed by atoms with Gasteiger partial charge in [0, 0.05) is 16.5 Å². The molecule has 0 fully saturated rings. The molecule has 0 atom stereocenters. The Bertz CT molecular complexity index is 1250. The lowest BCUT2D eigenvalue weighted by Gasteiger charge is -2.32. The Kier molecular flexibility index (Phi) is 3.78. The number of imidazole rings is 1. The minimum Gasteiger partial charge on any atom is -0.497 e. The zero-order valence-electron chi connectivity index (χ0n) is 17.4. The first-order valence-corrected chi connectivity index (χ1v) is 9.88. The van der Waals surface area contributed by atoms with Crippen molar-refractivity contribution in [2.45, 2.75) is 39.5 Å². The van der Waals surface area contributed by atoms with E-state index in [1.54, 1.807) is 7.11 Å². The van der Waals surface area contributed by atoms with Crippen molar-refractivity contribution in [3.63, 3.8) is 0 Å². The monoisotopic (exact) mass is 384 g/mol. The third kappa shape index (κ3) is 2.80. The molecular formula is C24H24N4O. The second-order valence-electron chi connectivity index (χ2n) is 8.58. The van der Waals surface area contributed by atoms with Crippen LogP contribution < -0.4 is 4.74 Å². The molecule has 0 unspecified atom stereocenters. The van der Waals surface area contributed by atoms with Crippen LogP contribution in [0.15, 0.2) is 42.6 Å². The molecule has 5 heteroatoms. The highest BCUT2D eigenvalue weighted by Crippen LogP contribution is 2.43. The van der Waals surface area contributed by atoms with Gasteiger partial charge in [-0.25, -0.2) is 14.5 Å². The van der Waals surface area contributed by atoms with E-state index in [-0.39, 0.29) is 5.41 Å². The van der Waals surface area contributed by atoms with E-state index in [4.69, 9.17) is 19.8 Å². The van der Waals surface area contributed by atoms with E-state index in [2.05, 4.69) is 39.8 Å². The molecule has 0 bridgehead atoms. The van der Waals surface area contributed by atoms with Crippen LogP contribution in [0.3, 0.4) is 0 Å². The van der Waals surface area contributed by atoms with E-state index in [1.807, 2.05) is 35.0 Å². The van der Waals surface area contributed by atoms with Crippen LogP contribution >= 0.6 is 0 Å². The van der Waals surface area contributed by atoms with Crippen molar-refractivity contribution < 1.29 is 4.74 Å². The van der Waals surface area contributed by atoms with Gasteiger partial charge in [0.15, 0.2) is 0 Å². The SMILES string of the molecule is COc1ccc(-c2cn3nc4c(nc3n2)-c2c(C)cc(C)cc2CC4(C)C)cc1. The number of aryl methyl sites for hydroxylation is 2. The molecule has 2 aromatic heterocycles. The summed E-state index contributed by atoms with van der Waals surface area (Å²) in [6.07, 6.45) is 2.91. The van der Waals surface area contributed by atoms with Gasteiger partial charge in [-0.3, -0.25) is 0 Å². The van der Waals surface area contributed by atoms with Crippen LogP contribution in [0.25, 0.3) is 28.3 Å². The van der Waals surface area contributed by atoms with E-state index in [9.17, 15) is 0 Å². The van der Waals surface area contributed by atoms with Gasteiger partial charge in [-0.05, 0) is 55.7 Å². The Morgan fingerprint density at radius 3 is 2.52 bits per heavy atom. The fourth-order valence-corrected chi connectivity index (χ4v) is 4.44. The Labute approximate surface area is 170 Å². The van der Waals surface area contributed by atoms with Crippen molar-refractivity contribution in [1.29, 1.82) is 0 Å². The summed E-state index contributed by atoms with van der Waals surface area (Å²) in [5.74, 6) is 1.45. The summed E-state index contributed by atoms with van der Waals surface area (Å²) < 4.78 is 7.07. The summed E-state index contributed by atoms with van der Waals surface area (Å²) in [7, 11) is 1.67. The van der Waals surface area contributed by atoms with E-state index in [0.717, 1.165) is 34.8 Å². The van der Waals surface area contributed by atoms with Crippen LogP contribution in [0.5, 0.6) is 5.75 Å². The standard InChI is InChI=1S/C24H24N4O/c1-14-10-15(2)20-17(11-14)12-24(3,4)22-21(20)26-23-25-19(13-28(23)27-22)16-6-8-18(29-5)9-7-16/h6-11,13H,12H2,1-5H3. The maximum absolute atomic E-state index is 5.26. The number of aromatic nitrogens is 4. The predicted molar refractivity (Wildman–Crippen MR) is 114 cm³/mol. The average molecular weight is 384 g/mol. The molecule has 2 heterocycles. The predicted octanol–water partition coefficient (Wildman–Crippen LogP) is 4.92. The van der Waals surface area contributed by atoms with E-state index >= 15 is 0 Å². The number of hydrogen-bond acceptors (Lipinski definition) is 4. The minimum absolute atomic E-state index is 0.0890. The van der Waals surface area contributed by atoms with Gasteiger partial charge in [-0.1, -0.05) is 31.5 Å². The number of fused-ring (bicyclic) bond motifs is 4. The highest BCUT2D eigenvalue weighted by atomic mass is 16.5. The number of nitrogens with zero attached hydrogens (tertiary/aromatic N) is 4. The normalized spacial score (nSPS) is 14.5. The molecule has 0 spiro atoms. The molecule has 29 heavy (non-hydrogen) atoms. The lowest BCUT2D eigenvalue weighted by molar-refractivity contribution is 0.415. The zero-order valence-corrected chi connectivity index (χ0v) is 17.4. The van der Waals surface area contributed by atoms with Gasteiger partial charge in [0.1, 0.15) is 5.75 Å². The number of rotatable bonds is 2. The Morgan fingerprint density at radius 2 is 1.79 bits per heavy atom. The van der Waals surface area contributed by atoms with Gasteiger partial charge in [0.05, 0.1) is 30.4 Å². The first kappa shape index (κ1) is 17.9. The molecule has 146 valence electrons. The van der Waals surface area contributed by atoms with Crippen LogP contribution in [0.4, 0.5) is 0 Å². The Balaban J connectivity index is 1.71. The summed E-state index contributed by atoms with van der Waals surface area (Å²) in [5, 5.41) is 4.98. The van der Waals surface area contributed by atoms with E-state index in [1.165, 1.54) is 22.3 Å². The third-order valence-electron chi connectivity index (χ3n) is 5.77. The quantitative estimate of drug-likeness (QED) is 0.492. The first-order chi connectivity index (χ1) is 13.9. The van der Waals surface area contributed by atoms with Crippen LogP contribution in [-0.2, 0) is 11.8 Å². The molecule has 2 aromatic carbocycles. The van der Waals surface area contributed by atoms with Gasteiger partial charge in [-0.2, -0.15) is 5.10 Å². The lowest BCUT2D eigenvalue weighted by atomic mass is 9.73. The summed E-state index contributed by atoms with van der Waals surface area (Å²) in [6, 6.07) is 12.4. The molecule has 0 aliphatic heterocycles. The van der Waals surface area contributed by atoms with Crippen molar-refractivity contribution in [3.05, 3.63) is 65.0 Å². The molecule has 0 saturated heterocycles. The van der Waals surface area contributed by atoms with Gasteiger partial charge >= 0.3 is 0 Å². The average Bonchev–Trinajstić information content (AvgIpc) is 3.09. The third-order valence-corrected chi connectivity index (χ3v) is 5.77. The number of benzene rings is 2. The second kappa shape index (κ2) is 6.14. The van der Waals surface area contributed by atoms with Gasteiger partial charge in [0.2, 0.25) is 0 Å². The number of hydrogen-bond donors (Lipinski definition) is 0. The summed E-state index contributed by atoms with van der Waals surface area (Å²) in [6.45, 7) is 8.80. The summed E-state index contributed by atoms with van der Waals surface area (Å²) >= 11 is 0. The van der Waals surface area contributed by atoms with Crippen LogP contribution in [0.1, 0.15) is 36.2 Å². The molecule has 0 amide bonds.